The number of rotatable bonds is 2. The van der Waals surface area contributed by atoms with Crippen molar-refractivity contribution in [3.63, 3.8) is 0 Å². The maximum absolute atomic E-state index is 11.6. The van der Waals surface area contributed by atoms with Crippen molar-refractivity contribution in [2.75, 3.05) is 6.61 Å². The summed E-state index contributed by atoms with van der Waals surface area (Å²) in [6.07, 6.45) is -0.581. The Labute approximate surface area is 104 Å². The predicted octanol–water partition coefficient (Wildman–Crippen LogP) is -0.878. The first-order valence-corrected chi connectivity index (χ1v) is 5.29. The number of H-pyrrole nitrogens is 1. The Balaban J connectivity index is 0.00000162. The van der Waals surface area contributed by atoms with E-state index < -0.39 is 29.7 Å². The van der Waals surface area contributed by atoms with E-state index in [4.69, 9.17) is 9.84 Å². The minimum Gasteiger partial charge on any atom is -0.394 e. The summed E-state index contributed by atoms with van der Waals surface area (Å²) in [4.78, 5) is 24.9. The maximum Gasteiger partial charge on any atom is 0.330 e. The summed E-state index contributed by atoms with van der Waals surface area (Å²) in [6.45, 7) is 1.26. The molecule has 18 heavy (non-hydrogen) atoms. The lowest BCUT2D eigenvalue weighted by Crippen LogP contribution is -2.33. The normalized spacial score (nSPS) is 26.9. The molecule has 7 nitrogen and oxygen atoms in total. The Morgan fingerprint density at radius 3 is 2.78 bits per heavy atom. The van der Waals surface area contributed by atoms with Crippen molar-refractivity contribution < 1.29 is 14.9 Å². The second-order valence-corrected chi connectivity index (χ2v) is 4.09. The van der Waals surface area contributed by atoms with E-state index in [1.807, 2.05) is 0 Å². The number of aliphatic hydroxyl groups is 2. The van der Waals surface area contributed by atoms with Crippen LogP contribution in [-0.4, -0.2) is 38.6 Å². The number of hydrogen-bond donors (Lipinski definition) is 3. The molecule has 0 aliphatic carbocycles. The molecule has 0 bridgehead atoms. The van der Waals surface area contributed by atoms with Crippen LogP contribution in [0.1, 0.15) is 25.6 Å². The van der Waals surface area contributed by atoms with Gasteiger partial charge in [0.1, 0.15) is 12.3 Å². The van der Waals surface area contributed by atoms with Crippen molar-refractivity contribution in [1.82, 2.24) is 9.55 Å². The van der Waals surface area contributed by atoms with Gasteiger partial charge in [-0.25, -0.2) is 4.79 Å². The van der Waals surface area contributed by atoms with Gasteiger partial charge in [0.25, 0.3) is 5.56 Å². The summed E-state index contributed by atoms with van der Waals surface area (Å²) in [5, 5.41) is 18.5. The summed E-state index contributed by atoms with van der Waals surface area (Å²) in [5.74, 6) is 0. The van der Waals surface area contributed by atoms with Gasteiger partial charge in [0.05, 0.1) is 12.7 Å². The van der Waals surface area contributed by atoms with Crippen molar-refractivity contribution in [3.05, 3.63) is 32.6 Å². The number of hydrogen-bond acceptors (Lipinski definition) is 5. The number of aliphatic hydroxyl groups excluding tert-OH is 2. The lowest BCUT2D eigenvalue weighted by molar-refractivity contribution is -0.0459. The average molecular weight is 258 g/mol. The van der Waals surface area contributed by atoms with E-state index >= 15 is 0 Å². The van der Waals surface area contributed by atoms with Crippen molar-refractivity contribution >= 4 is 0 Å². The monoisotopic (exact) mass is 258 g/mol. The highest BCUT2D eigenvalue weighted by atomic mass is 16.5. The highest BCUT2D eigenvalue weighted by Gasteiger charge is 2.34. The smallest absolute Gasteiger partial charge is 0.330 e. The summed E-state index contributed by atoms with van der Waals surface area (Å²) >= 11 is 0. The van der Waals surface area contributed by atoms with Gasteiger partial charge in [-0.2, -0.15) is 0 Å². The van der Waals surface area contributed by atoms with E-state index in [1.165, 1.54) is 10.8 Å². The van der Waals surface area contributed by atoms with Crippen LogP contribution in [0.25, 0.3) is 0 Å². The van der Waals surface area contributed by atoms with Crippen LogP contribution in [0, 0.1) is 6.92 Å². The van der Waals surface area contributed by atoms with E-state index in [9.17, 15) is 14.7 Å². The van der Waals surface area contributed by atoms with Crippen LogP contribution in [0.5, 0.6) is 0 Å². The molecule has 1 aliphatic rings. The van der Waals surface area contributed by atoms with E-state index in [1.54, 1.807) is 6.92 Å². The molecule has 2 rings (SSSR count). The Morgan fingerprint density at radius 1 is 1.56 bits per heavy atom. The van der Waals surface area contributed by atoms with Gasteiger partial charge in [-0.1, -0.05) is 7.43 Å². The molecular weight excluding hydrogens is 240 g/mol. The highest BCUT2D eigenvalue weighted by molar-refractivity contribution is 5.02. The van der Waals surface area contributed by atoms with Crippen LogP contribution in [0.2, 0.25) is 0 Å². The standard InChI is InChI=1S/C10H14N2O5.CH4/c1-5-3-12(10(16)11-9(5)15)8-2-6(14)7(4-13)17-8;/h3,6-8,13-14H,2,4H2,1H3,(H,11,15,16);1H4/t6-,7+,8+;/m0./s1. The predicted molar refractivity (Wildman–Crippen MR) is 64.4 cm³/mol. The molecular formula is C11H18N2O5. The summed E-state index contributed by atoms with van der Waals surface area (Å²) in [5.41, 5.74) is -0.643. The maximum atomic E-state index is 11.6. The molecule has 0 spiro atoms. The Hall–Kier alpha value is -1.44. The van der Waals surface area contributed by atoms with Crippen LogP contribution in [0.4, 0.5) is 0 Å². The van der Waals surface area contributed by atoms with Gasteiger partial charge in [0.15, 0.2) is 0 Å². The minimum atomic E-state index is -0.816. The fraction of sp³-hybridized carbons (Fsp3) is 0.636. The minimum absolute atomic E-state index is 0. The van der Waals surface area contributed by atoms with Crippen LogP contribution in [0.15, 0.2) is 15.8 Å². The summed E-state index contributed by atoms with van der Waals surface area (Å²) < 4.78 is 6.54. The van der Waals surface area contributed by atoms with Gasteiger partial charge in [-0.3, -0.25) is 14.3 Å². The largest absolute Gasteiger partial charge is 0.394 e. The van der Waals surface area contributed by atoms with Gasteiger partial charge in [-0.15, -0.1) is 0 Å². The molecule has 2 heterocycles. The molecule has 102 valence electrons. The zero-order valence-corrected chi connectivity index (χ0v) is 9.29. The molecule has 1 aromatic rings. The number of ether oxygens (including phenoxy) is 1. The van der Waals surface area contributed by atoms with E-state index in [2.05, 4.69) is 4.98 Å². The molecule has 7 heteroatoms. The summed E-state index contributed by atoms with van der Waals surface area (Å²) in [6, 6.07) is 0. The Kier molecular flexibility index (Phi) is 4.44. The zero-order chi connectivity index (χ0) is 12.6. The molecule has 0 radical (unpaired) electrons. The molecule has 0 amide bonds. The van der Waals surface area contributed by atoms with E-state index in [0.29, 0.717) is 5.56 Å². The topological polar surface area (TPSA) is 105 Å². The molecule has 3 atom stereocenters. The third-order valence-electron chi connectivity index (χ3n) is 2.84. The van der Waals surface area contributed by atoms with Crippen molar-refractivity contribution in [2.45, 2.75) is 39.2 Å². The third-order valence-corrected chi connectivity index (χ3v) is 2.84. The molecule has 1 saturated heterocycles. The first-order valence-electron chi connectivity index (χ1n) is 5.29. The molecule has 3 N–H and O–H groups in total. The van der Waals surface area contributed by atoms with Crippen molar-refractivity contribution in [2.24, 2.45) is 0 Å². The van der Waals surface area contributed by atoms with Crippen LogP contribution in [-0.2, 0) is 4.74 Å². The number of aromatic nitrogens is 2. The van der Waals surface area contributed by atoms with Crippen LogP contribution in [0.3, 0.4) is 0 Å². The number of aryl methyl sites for hydroxylation is 1. The second kappa shape index (κ2) is 5.47. The molecule has 1 aromatic heterocycles. The number of aromatic amines is 1. The average Bonchev–Trinajstić information content (AvgIpc) is 2.65. The molecule has 0 unspecified atom stereocenters. The first kappa shape index (κ1) is 14.6. The zero-order valence-electron chi connectivity index (χ0n) is 9.29. The number of nitrogens with one attached hydrogen (secondary N) is 1. The quantitative estimate of drug-likeness (QED) is 0.639. The fourth-order valence-corrected chi connectivity index (χ4v) is 1.85. The molecule has 0 aromatic carbocycles. The van der Waals surface area contributed by atoms with E-state index in [-0.39, 0.29) is 20.5 Å². The lowest BCUT2D eigenvalue weighted by atomic mass is 10.2. The van der Waals surface area contributed by atoms with Crippen molar-refractivity contribution in [1.29, 1.82) is 0 Å². The van der Waals surface area contributed by atoms with Gasteiger partial charge in [-0.05, 0) is 6.92 Å². The first-order chi connectivity index (χ1) is 8.02. The van der Waals surface area contributed by atoms with Gasteiger partial charge in [0, 0.05) is 18.2 Å². The van der Waals surface area contributed by atoms with Crippen LogP contribution < -0.4 is 11.2 Å². The fourth-order valence-electron chi connectivity index (χ4n) is 1.85. The third kappa shape index (κ3) is 2.53. The van der Waals surface area contributed by atoms with E-state index in [0.717, 1.165) is 0 Å². The number of nitrogens with zero attached hydrogens (tertiary/aromatic N) is 1. The molecule has 0 saturated carbocycles. The summed E-state index contributed by atoms with van der Waals surface area (Å²) in [7, 11) is 0. The highest BCUT2D eigenvalue weighted by Crippen LogP contribution is 2.27. The second-order valence-electron chi connectivity index (χ2n) is 4.09. The Morgan fingerprint density at radius 2 is 2.22 bits per heavy atom. The van der Waals surface area contributed by atoms with Gasteiger partial charge in [0.2, 0.25) is 0 Å². The van der Waals surface area contributed by atoms with Crippen LogP contribution >= 0.6 is 0 Å². The SMILES string of the molecule is C.Cc1cn([C@H]2C[C@H](O)[C@@H](CO)O2)c(=O)[nH]c1=O. The van der Waals surface area contributed by atoms with Crippen molar-refractivity contribution in [3.8, 4) is 0 Å². The Bertz CT molecular complexity index is 521. The van der Waals surface area contributed by atoms with Gasteiger partial charge >= 0.3 is 5.69 Å². The lowest BCUT2D eigenvalue weighted by Gasteiger charge is -2.14. The van der Waals surface area contributed by atoms with Gasteiger partial charge < -0.3 is 14.9 Å². The molecule has 1 fully saturated rings. The molecule has 1 aliphatic heterocycles.